The summed E-state index contributed by atoms with van der Waals surface area (Å²) >= 11 is 0. The van der Waals surface area contributed by atoms with Crippen molar-refractivity contribution in [3.05, 3.63) is 35.4 Å². The van der Waals surface area contributed by atoms with E-state index in [1.165, 1.54) is 17.0 Å². The highest BCUT2D eigenvalue weighted by Crippen LogP contribution is 2.28. The van der Waals surface area contributed by atoms with Crippen LogP contribution in [0.15, 0.2) is 24.3 Å². The van der Waals surface area contributed by atoms with E-state index in [2.05, 4.69) is 0 Å². The van der Waals surface area contributed by atoms with Gasteiger partial charge in [-0.15, -0.1) is 0 Å². The van der Waals surface area contributed by atoms with E-state index in [0.717, 1.165) is 0 Å². The van der Waals surface area contributed by atoms with Crippen LogP contribution in [0.25, 0.3) is 0 Å². The molecule has 5 heteroatoms. The lowest BCUT2D eigenvalue weighted by Crippen LogP contribution is -2.39. The van der Waals surface area contributed by atoms with Gasteiger partial charge in [0.2, 0.25) is 0 Å². The van der Waals surface area contributed by atoms with Crippen LogP contribution in [0.4, 0.5) is 0 Å². The summed E-state index contributed by atoms with van der Waals surface area (Å²) < 4.78 is 0. The zero-order valence-corrected chi connectivity index (χ0v) is 10.7. The average molecular weight is 263 g/mol. The second kappa shape index (κ2) is 5.40. The molecule has 1 saturated carbocycles. The SMILES string of the molecule is CN(CC1CC(O)C1)C(=O)c1ccccc1C(=O)O. The normalized spacial score (nSPS) is 21.6. The van der Waals surface area contributed by atoms with Gasteiger partial charge in [-0.05, 0) is 30.9 Å². The molecule has 0 bridgehead atoms. The summed E-state index contributed by atoms with van der Waals surface area (Å²) in [6.45, 7) is 0.545. The van der Waals surface area contributed by atoms with Crippen LogP contribution in [-0.2, 0) is 0 Å². The Kier molecular flexibility index (Phi) is 3.85. The van der Waals surface area contributed by atoms with Gasteiger partial charge in [-0.25, -0.2) is 4.79 Å². The van der Waals surface area contributed by atoms with Crippen LogP contribution in [0.1, 0.15) is 33.6 Å². The van der Waals surface area contributed by atoms with Crippen LogP contribution in [0.2, 0.25) is 0 Å². The second-order valence-corrected chi connectivity index (χ2v) is 5.03. The third kappa shape index (κ3) is 2.93. The van der Waals surface area contributed by atoms with E-state index in [9.17, 15) is 14.7 Å². The summed E-state index contributed by atoms with van der Waals surface area (Å²) in [6.07, 6.45) is 1.16. The molecule has 19 heavy (non-hydrogen) atoms. The summed E-state index contributed by atoms with van der Waals surface area (Å²) in [4.78, 5) is 24.8. The third-order valence-electron chi connectivity index (χ3n) is 3.48. The van der Waals surface area contributed by atoms with E-state index < -0.39 is 5.97 Å². The van der Waals surface area contributed by atoms with Gasteiger partial charge in [-0.2, -0.15) is 0 Å². The molecule has 102 valence electrons. The van der Waals surface area contributed by atoms with Crippen molar-refractivity contribution in [1.29, 1.82) is 0 Å². The minimum atomic E-state index is -1.10. The standard InChI is InChI=1S/C14H17NO4/c1-15(8-9-6-10(16)7-9)13(17)11-4-2-3-5-12(11)14(18)19/h2-5,9-10,16H,6-8H2,1H3,(H,18,19). The number of aromatic carboxylic acids is 1. The van der Waals surface area contributed by atoms with Gasteiger partial charge >= 0.3 is 5.97 Å². The topological polar surface area (TPSA) is 77.8 Å². The molecule has 0 unspecified atom stereocenters. The number of carbonyl (C=O) groups is 2. The highest BCUT2D eigenvalue weighted by Gasteiger charge is 2.30. The van der Waals surface area contributed by atoms with Gasteiger partial charge in [-0.1, -0.05) is 12.1 Å². The van der Waals surface area contributed by atoms with Crippen molar-refractivity contribution in [3.8, 4) is 0 Å². The monoisotopic (exact) mass is 263 g/mol. The second-order valence-electron chi connectivity index (χ2n) is 5.03. The fourth-order valence-corrected chi connectivity index (χ4v) is 2.38. The molecule has 1 aromatic carbocycles. The maximum absolute atomic E-state index is 12.2. The highest BCUT2D eigenvalue weighted by molar-refractivity contribution is 6.04. The number of aliphatic hydroxyl groups excluding tert-OH is 1. The number of nitrogens with zero attached hydrogens (tertiary/aromatic N) is 1. The van der Waals surface area contributed by atoms with Crippen LogP contribution in [0.3, 0.4) is 0 Å². The fourth-order valence-electron chi connectivity index (χ4n) is 2.38. The molecule has 0 spiro atoms. The lowest BCUT2D eigenvalue weighted by atomic mass is 9.82. The lowest BCUT2D eigenvalue weighted by Gasteiger charge is -2.34. The number of aliphatic hydroxyl groups is 1. The van der Waals surface area contributed by atoms with Gasteiger partial charge in [0, 0.05) is 13.6 Å². The first-order valence-electron chi connectivity index (χ1n) is 6.25. The number of benzene rings is 1. The summed E-state index contributed by atoms with van der Waals surface area (Å²) in [5.41, 5.74) is 0.227. The summed E-state index contributed by atoms with van der Waals surface area (Å²) in [7, 11) is 1.66. The summed E-state index contributed by atoms with van der Waals surface area (Å²) in [5.74, 6) is -1.09. The summed E-state index contributed by atoms with van der Waals surface area (Å²) in [5, 5.41) is 18.3. The lowest BCUT2D eigenvalue weighted by molar-refractivity contribution is 0.0265. The molecule has 2 N–H and O–H groups in total. The molecule has 5 nitrogen and oxygen atoms in total. The van der Waals surface area contributed by atoms with Gasteiger partial charge in [0.05, 0.1) is 17.2 Å². The predicted molar refractivity (Wildman–Crippen MR) is 69.1 cm³/mol. The van der Waals surface area contributed by atoms with Gasteiger partial charge in [0.25, 0.3) is 5.91 Å². The first kappa shape index (κ1) is 13.5. The van der Waals surface area contributed by atoms with E-state index in [1.807, 2.05) is 0 Å². The zero-order valence-electron chi connectivity index (χ0n) is 10.7. The van der Waals surface area contributed by atoms with Crippen LogP contribution in [0.5, 0.6) is 0 Å². The Labute approximate surface area is 111 Å². The Morgan fingerprint density at radius 3 is 2.37 bits per heavy atom. The van der Waals surface area contributed by atoms with Gasteiger partial charge in [0.15, 0.2) is 0 Å². The zero-order chi connectivity index (χ0) is 14.0. The van der Waals surface area contributed by atoms with E-state index in [0.29, 0.717) is 25.3 Å². The largest absolute Gasteiger partial charge is 0.478 e. The molecule has 1 aliphatic carbocycles. The van der Waals surface area contributed by atoms with Crippen molar-refractivity contribution in [2.45, 2.75) is 18.9 Å². The minimum Gasteiger partial charge on any atom is -0.478 e. The molecule has 2 rings (SSSR count). The van der Waals surface area contributed by atoms with Crippen molar-refractivity contribution in [1.82, 2.24) is 4.90 Å². The number of amides is 1. The average Bonchev–Trinajstić information content (AvgIpc) is 2.35. The van der Waals surface area contributed by atoms with Crippen LogP contribution < -0.4 is 0 Å². The Hall–Kier alpha value is -1.88. The Morgan fingerprint density at radius 1 is 1.26 bits per heavy atom. The molecule has 1 amide bonds. The number of rotatable bonds is 4. The Bertz CT molecular complexity index is 494. The number of hydrogen-bond donors (Lipinski definition) is 2. The van der Waals surface area contributed by atoms with Crippen molar-refractivity contribution in [2.24, 2.45) is 5.92 Å². The Morgan fingerprint density at radius 2 is 1.84 bits per heavy atom. The first-order chi connectivity index (χ1) is 8.99. The highest BCUT2D eigenvalue weighted by atomic mass is 16.4. The molecular weight excluding hydrogens is 246 g/mol. The van der Waals surface area contributed by atoms with Gasteiger partial charge in [0.1, 0.15) is 0 Å². The van der Waals surface area contributed by atoms with E-state index in [4.69, 9.17) is 5.11 Å². The molecular formula is C14H17NO4. The van der Waals surface area contributed by atoms with Crippen molar-refractivity contribution in [3.63, 3.8) is 0 Å². The van der Waals surface area contributed by atoms with Crippen LogP contribution in [-0.4, -0.2) is 46.7 Å². The van der Waals surface area contributed by atoms with Crippen LogP contribution in [0, 0.1) is 5.92 Å². The van der Waals surface area contributed by atoms with E-state index in [-0.39, 0.29) is 23.1 Å². The molecule has 0 aliphatic heterocycles. The third-order valence-corrected chi connectivity index (χ3v) is 3.48. The van der Waals surface area contributed by atoms with Crippen molar-refractivity contribution >= 4 is 11.9 Å². The van der Waals surface area contributed by atoms with Crippen molar-refractivity contribution < 1.29 is 19.8 Å². The maximum atomic E-state index is 12.2. The number of carboxylic acid groups (broad SMARTS) is 1. The molecule has 1 aromatic rings. The molecule has 1 aliphatic rings. The number of hydrogen-bond acceptors (Lipinski definition) is 3. The van der Waals surface area contributed by atoms with Gasteiger partial charge < -0.3 is 15.1 Å². The predicted octanol–water partition coefficient (Wildman–Crippen LogP) is 1.23. The Balaban J connectivity index is 2.08. The molecule has 1 fully saturated rings. The first-order valence-corrected chi connectivity index (χ1v) is 6.25. The smallest absolute Gasteiger partial charge is 0.336 e. The molecule has 0 aromatic heterocycles. The van der Waals surface area contributed by atoms with Gasteiger partial charge in [-0.3, -0.25) is 4.79 Å². The molecule has 0 heterocycles. The number of carbonyl (C=O) groups excluding carboxylic acids is 1. The van der Waals surface area contributed by atoms with Crippen molar-refractivity contribution in [2.75, 3.05) is 13.6 Å². The fraction of sp³-hybridized carbons (Fsp3) is 0.429. The summed E-state index contributed by atoms with van der Waals surface area (Å²) in [6, 6.07) is 6.21. The molecule has 0 radical (unpaired) electrons. The molecule has 0 saturated heterocycles. The van der Waals surface area contributed by atoms with E-state index >= 15 is 0 Å². The number of carboxylic acids is 1. The van der Waals surface area contributed by atoms with Crippen LogP contribution >= 0.6 is 0 Å². The minimum absolute atomic E-state index is 0.0213. The molecule has 0 atom stereocenters. The quantitative estimate of drug-likeness (QED) is 0.856. The van der Waals surface area contributed by atoms with E-state index in [1.54, 1.807) is 19.2 Å². The maximum Gasteiger partial charge on any atom is 0.336 e.